The number of hydrogen-bond donors (Lipinski definition) is 2. The van der Waals surface area contributed by atoms with Gasteiger partial charge in [-0.15, -0.1) is 0 Å². The van der Waals surface area contributed by atoms with Gasteiger partial charge in [-0.3, -0.25) is 9.67 Å². The van der Waals surface area contributed by atoms with Crippen LogP contribution in [0.5, 0.6) is 5.75 Å². The molecule has 0 radical (unpaired) electrons. The van der Waals surface area contributed by atoms with E-state index in [9.17, 15) is 4.39 Å². The molecule has 170 valence electrons. The third kappa shape index (κ3) is 6.69. The highest BCUT2D eigenvalue weighted by atomic mass is 19.1. The third-order valence-corrected chi connectivity index (χ3v) is 5.48. The van der Waals surface area contributed by atoms with E-state index in [-0.39, 0.29) is 17.9 Å². The number of aliphatic imine (C=N–C) groups is 1. The predicted molar refractivity (Wildman–Crippen MR) is 122 cm³/mol. The average molecular weight is 431 g/mol. The maximum absolute atomic E-state index is 14.5. The molecule has 0 spiro atoms. The highest BCUT2D eigenvalue weighted by Gasteiger charge is 2.22. The Morgan fingerprint density at radius 1 is 1.35 bits per heavy atom. The van der Waals surface area contributed by atoms with Crippen LogP contribution in [0.15, 0.2) is 35.6 Å². The number of ether oxygens (including phenoxy) is 1. The van der Waals surface area contributed by atoms with E-state index in [0.29, 0.717) is 30.8 Å². The first-order chi connectivity index (χ1) is 14.9. The standard InChI is InChI=1S/C23H35FN6O/c1-6-25-23(26-13-21(29(3)4)19-12-27-30(5)14-19)28-16(2)18-9-10-22(20(24)11-18)31-15-17-7-8-17/h9-12,14,16-17,21H,6-8,13,15H2,1-5H3,(H2,25,26,28). The number of halogens is 1. The minimum Gasteiger partial charge on any atom is -0.490 e. The molecule has 1 fully saturated rings. The van der Waals surface area contributed by atoms with Gasteiger partial charge in [0, 0.05) is 25.4 Å². The van der Waals surface area contributed by atoms with Gasteiger partial charge in [0.05, 0.1) is 31.4 Å². The van der Waals surface area contributed by atoms with Crippen LogP contribution >= 0.6 is 0 Å². The Morgan fingerprint density at radius 2 is 2.13 bits per heavy atom. The van der Waals surface area contributed by atoms with Crippen molar-refractivity contribution in [3.8, 4) is 5.75 Å². The number of guanidine groups is 1. The lowest BCUT2D eigenvalue weighted by Gasteiger charge is -2.23. The summed E-state index contributed by atoms with van der Waals surface area (Å²) in [7, 11) is 5.98. The van der Waals surface area contributed by atoms with E-state index in [1.54, 1.807) is 16.8 Å². The number of likely N-dealkylation sites (N-methyl/N-ethyl adjacent to an activating group) is 1. The fraction of sp³-hybridized carbons (Fsp3) is 0.565. The predicted octanol–water partition coefficient (Wildman–Crippen LogP) is 3.27. The molecular weight excluding hydrogens is 395 g/mol. The molecule has 7 nitrogen and oxygen atoms in total. The maximum atomic E-state index is 14.5. The van der Waals surface area contributed by atoms with E-state index in [1.807, 2.05) is 53.5 Å². The fourth-order valence-corrected chi connectivity index (χ4v) is 3.36. The van der Waals surface area contributed by atoms with Crippen LogP contribution in [0.2, 0.25) is 0 Å². The van der Waals surface area contributed by atoms with Gasteiger partial charge in [-0.05, 0) is 64.4 Å². The smallest absolute Gasteiger partial charge is 0.191 e. The molecule has 0 bridgehead atoms. The summed E-state index contributed by atoms with van der Waals surface area (Å²) in [6.07, 6.45) is 6.25. The number of hydrogen-bond acceptors (Lipinski definition) is 4. The first-order valence-electron chi connectivity index (χ1n) is 11.0. The topological polar surface area (TPSA) is 66.7 Å². The second-order valence-electron chi connectivity index (χ2n) is 8.46. The highest BCUT2D eigenvalue weighted by molar-refractivity contribution is 5.80. The molecule has 31 heavy (non-hydrogen) atoms. The van der Waals surface area contributed by atoms with Crippen molar-refractivity contribution in [2.75, 3.05) is 33.8 Å². The number of benzene rings is 1. The van der Waals surface area contributed by atoms with E-state index in [1.165, 1.54) is 12.8 Å². The summed E-state index contributed by atoms with van der Waals surface area (Å²) >= 11 is 0. The molecule has 2 N–H and O–H groups in total. The molecule has 2 aromatic rings. The summed E-state index contributed by atoms with van der Waals surface area (Å²) in [5.74, 6) is 1.29. The van der Waals surface area contributed by atoms with Gasteiger partial charge in [0.15, 0.2) is 17.5 Å². The van der Waals surface area contributed by atoms with Crippen molar-refractivity contribution in [1.29, 1.82) is 0 Å². The van der Waals surface area contributed by atoms with Gasteiger partial charge >= 0.3 is 0 Å². The van der Waals surface area contributed by atoms with Gasteiger partial charge < -0.3 is 20.3 Å². The molecule has 0 amide bonds. The summed E-state index contributed by atoms with van der Waals surface area (Å²) in [6, 6.07) is 5.17. The monoisotopic (exact) mass is 430 g/mol. The Kier molecular flexibility index (Phi) is 7.90. The van der Waals surface area contributed by atoms with E-state index >= 15 is 0 Å². The van der Waals surface area contributed by atoms with Crippen molar-refractivity contribution in [2.45, 2.75) is 38.8 Å². The molecule has 1 heterocycles. The molecule has 1 saturated carbocycles. The van der Waals surface area contributed by atoms with Crippen LogP contribution in [-0.2, 0) is 7.05 Å². The van der Waals surface area contributed by atoms with Gasteiger partial charge in [0.2, 0.25) is 0 Å². The molecule has 0 aliphatic heterocycles. The van der Waals surface area contributed by atoms with Crippen molar-refractivity contribution in [2.24, 2.45) is 18.0 Å². The third-order valence-electron chi connectivity index (χ3n) is 5.48. The minimum absolute atomic E-state index is 0.110. The quantitative estimate of drug-likeness (QED) is 0.447. The lowest BCUT2D eigenvalue weighted by molar-refractivity contribution is 0.285. The maximum Gasteiger partial charge on any atom is 0.191 e. The van der Waals surface area contributed by atoms with Crippen molar-refractivity contribution in [3.05, 3.63) is 47.5 Å². The van der Waals surface area contributed by atoms with Crippen LogP contribution in [-0.4, -0.2) is 54.4 Å². The van der Waals surface area contributed by atoms with Crippen LogP contribution in [0.25, 0.3) is 0 Å². The molecule has 3 rings (SSSR count). The highest BCUT2D eigenvalue weighted by Crippen LogP contribution is 2.30. The van der Waals surface area contributed by atoms with Gasteiger partial charge in [-0.1, -0.05) is 6.07 Å². The zero-order valence-electron chi connectivity index (χ0n) is 19.2. The number of nitrogens with one attached hydrogen (secondary N) is 2. The van der Waals surface area contributed by atoms with E-state index in [0.717, 1.165) is 17.7 Å². The average Bonchev–Trinajstić information content (AvgIpc) is 3.46. The molecular formula is C23H35FN6O. The summed E-state index contributed by atoms with van der Waals surface area (Å²) in [5, 5.41) is 10.9. The summed E-state index contributed by atoms with van der Waals surface area (Å²) < 4.78 is 21.9. The molecule has 1 aliphatic carbocycles. The van der Waals surface area contributed by atoms with E-state index < -0.39 is 0 Å². The van der Waals surface area contributed by atoms with Crippen LogP contribution in [0.1, 0.15) is 49.9 Å². The van der Waals surface area contributed by atoms with Crippen molar-refractivity contribution in [3.63, 3.8) is 0 Å². The fourth-order valence-electron chi connectivity index (χ4n) is 3.36. The Balaban J connectivity index is 1.65. The zero-order valence-corrected chi connectivity index (χ0v) is 19.2. The molecule has 2 atom stereocenters. The van der Waals surface area contributed by atoms with Crippen molar-refractivity contribution >= 4 is 5.96 Å². The number of aromatic nitrogens is 2. The van der Waals surface area contributed by atoms with E-state index in [4.69, 9.17) is 9.73 Å². The largest absolute Gasteiger partial charge is 0.490 e. The van der Waals surface area contributed by atoms with Gasteiger partial charge in [-0.25, -0.2) is 4.39 Å². The summed E-state index contributed by atoms with van der Waals surface area (Å²) in [4.78, 5) is 6.91. The molecule has 1 aromatic carbocycles. The Labute approximate surface area is 184 Å². The zero-order chi connectivity index (χ0) is 22.4. The van der Waals surface area contributed by atoms with E-state index in [2.05, 4.69) is 20.6 Å². The summed E-state index contributed by atoms with van der Waals surface area (Å²) in [5.41, 5.74) is 1.96. The van der Waals surface area contributed by atoms with Crippen LogP contribution in [0, 0.1) is 11.7 Å². The Morgan fingerprint density at radius 3 is 2.71 bits per heavy atom. The minimum atomic E-state index is -0.321. The number of nitrogens with zero attached hydrogens (tertiary/aromatic N) is 4. The lowest BCUT2D eigenvalue weighted by atomic mass is 10.1. The number of aryl methyl sites for hydroxylation is 1. The summed E-state index contributed by atoms with van der Waals surface area (Å²) in [6.45, 7) is 5.93. The first-order valence-corrected chi connectivity index (χ1v) is 11.0. The second-order valence-corrected chi connectivity index (χ2v) is 8.46. The molecule has 2 unspecified atom stereocenters. The van der Waals surface area contributed by atoms with Crippen LogP contribution < -0.4 is 15.4 Å². The lowest BCUT2D eigenvalue weighted by Crippen LogP contribution is -2.39. The number of rotatable bonds is 10. The SMILES string of the molecule is CCNC(=NCC(c1cnn(C)c1)N(C)C)NC(C)c1ccc(OCC2CC2)c(F)c1. The molecule has 8 heteroatoms. The van der Waals surface area contributed by atoms with Crippen LogP contribution in [0.4, 0.5) is 4.39 Å². The van der Waals surface area contributed by atoms with Crippen molar-refractivity contribution < 1.29 is 9.13 Å². The van der Waals surface area contributed by atoms with Gasteiger partial charge in [-0.2, -0.15) is 5.10 Å². The molecule has 0 saturated heterocycles. The Hall–Kier alpha value is -2.61. The van der Waals surface area contributed by atoms with Crippen LogP contribution in [0.3, 0.4) is 0 Å². The van der Waals surface area contributed by atoms with Gasteiger partial charge in [0.25, 0.3) is 0 Å². The molecule has 1 aromatic heterocycles. The first kappa shape index (κ1) is 23.1. The normalized spacial score (nSPS) is 16.3. The molecule has 1 aliphatic rings. The second kappa shape index (κ2) is 10.6. The van der Waals surface area contributed by atoms with Crippen molar-refractivity contribution in [1.82, 2.24) is 25.3 Å². The Bertz CT molecular complexity index is 877. The van der Waals surface area contributed by atoms with Gasteiger partial charge in [0.1, 0.15) is 0 Å².